The fourth-order valence-corrected chi connectivity index (χ4v) is 3.61. The van der Waals surface area contributed by atoms with Gasteiger partial charge in [0.1, 0.15) is 5.82 Å². The molecule has 0 aliphatic carbocycles. The number of nitrogens with zero attached hydrogens (tertiary/aromatic N) is 4. The lowest BCUT2D eigenvalue weighted by Gasteiger charge is -2.19. The zero-order valence-electron chi connectivity index (χ0n) is 14.9. The maximum absolute atomic E-state index is 5.84. The third-order valence-electron chi connectivity index (χ3n) is 4.01. The lowest BCUT2D eigenvalue weighted by atomic mass is 10.0. The van der Waals surface area contributed by atoms with Crippen LogP contribution in [0.3, 0.4) is 0 Å². The Morgan fingerprint density at radius 2 is 1.57 bits per heavy atom. The van der Waals surface area contributed by atoms with E-state index in [2.05, 4.69) is 55.6 Å². The molecule has 0 spiro atoms. The van der Waals surface area contributed by atoms with E-state index in [1.807, 2.05) is 19.0 Å². The quantitative estimate of drug-likeness (QED) is 0.863. The van der Waals surface area contributed by atoms with E-state index < -0.39 is 0 Å². The Bertz CT molecular complexity index is 701. The van der Waals surface area contributed by atoms with Gasteiger partial charge in [0.15, 0.2) is 0 Å². The Morgan fingerprint density at radius 3 is 2.09 bits per heavy atom. The van der Waals surface area contributed by atoms with Crippen LogP contribution in [0, 0.1) is 27.7 Å². The third kappa shape index (κ3) is 3.75. The van der Waals surface area contributed by atoms with Crippen molar-refractivity contribution in [2.24, 2.45) is 0 Å². The molecule has 2 rings (SSSR count). The predicted octanol–water partition coefficient (Wildman–Crippen LogP) is 3.61. The highest BCUT2D eigenvalue weighted by molar-refractivity contribution is 7.99. The summed E-state index contributed by atoms with van der Waals surface area (Å²) in [5, 5.41) is 0.0950. The van der Waals surface area contributed by atoms with E-state index >= 15 is 0 Å². The summed E-state index contributed by atoms with van der Waals surface area (Å²) in [5.74, 6) is 1.57. The van der Waals surface area contributed by atoms with Crippen LogP contribution in [0.25, 0.3) is 0 Å². The van der Waals surface area contributed by atoms with E-state index in [0.717, 1.165) is 0 Å². The fourth-order valence-electron chi connectivity index (χ4n) is 2.37. The first-order valence-corrected chi connectivity index (χ1v) is 8.51. The molecule has 0 fully saturated rings. The monoisotopic (exact) mass is 331 g/mol. The molecule has 1 heterocycles. The minimum atomic E-state index is 0.0950. The van der Waals surface area contributed by atoms with Gasteiger partial charge in [-0.05, 0) is 56.9 Å². The van der Waals surface area contributed by atoms with Crippen LogP contribution >= 0.6 is 11.8 Å². The number of nitrogens with two attached hydrogens (primary N) is 1. The zero-order valence-corrected chi connectivity index (χ0v) is 15.7. The number of hydrogen-bond acceptors (Lipinski definition) is 6. The molecular weight excluding hydrogens is 306 g/mol. The topological polar surface area (TPSA) is 67.9 Å². The molecule has 0 saturated carbocycles. The average molecular weight is 331 g/mol. The van der Waals surface area contributed by atoms with Crippen molar-refractivity contribution < 1.29 is 0 Å². The number of anilines is 2. The first kappa shape index (κ1) is 17.5. The maximum Gasteiger partial charge on any atom is 0.229 e. The highest BCUT2D eigenvalue weighted by atomic mass is 32.2. The van der Waals surface area contributed by atoms with E-state index in [0.29, 0.717) is 11.8 Å². The average Bonchev–Trinajstić information content (AvgIpc) is 2.48. The number of aromatic nitrogens is 3. The van der Waals surface area contributed by atoms with Crippen LogP contribution in [0.5, 0.6) is 0 Å². The number of aryl methyl sites for hydroxylation is 2. The number of rotatable bonds is 4. The van der Waals surface area contributed by atoms with Crippen LogP contribution in [0.2, 0.25) is 0 Å². The van der Waals surface area contributed by atoms with Crippen LogP contribution in [-0.2, 0) is 0 Å². The number of nitrogen functional groups attached to an aromatic ring is 1. The molecule has 0 saturated heterocycles. The van der Waals surface area contributed by atoms with Crippen LogP contribution in [-0.4, -0.2) is 29.0 Å². The second kappa shape index (κ2) is 6.74. The van der Waals surface area contributed by atoms with Gasteiger partial charge in [-0.3, -0.25) is 0 Å². The molecule has 6 heteroatoms. The van der Waals surface area contributed by atoms with Gasteiger partial charge in [-0.1, -0.05) is 6.07 Å². The Balaban J connectivity index is 2.39. The number of benzene rings is 1. The Kier molecular flexibility index (Phi) is 5.14. The van der Waals surface area contributed by atoms with Gasteiger partial charge in [0.25, 0.3) is 0 Å². The molecule has 1 aromatic carbocycles. The SMILES string of the molecule is Cc1cc(C)c(C)c(SC(C)c2nc(N)nc(N(C)C)n2)c1C. The van der Waals surface area contributed by atoms with Gasteiger partial charge in [0.05, 0.1) is 5.25 Å². The highest BCUT2D eigenvalue weighted by Crippen LogP contribution is 2.39. The summed E-state index contributed by atoms with van der Waals surface area (Å²) in [7, 11) is 3.79. The van der Waals surface area contributed by atoms with E-state index in [1.165, 1.54) is 27.1 Å². The summed E-state index contributed by atoms with van der Waals surface area (Å²) in [5.41, 5.74) is 11.1. The van der Waals surface area contributed by atoms with Gasteiger partial charge in [-0.15, -0.1) is 11.8 Å². The highest BCUT2D eigenvalue weighted by Gasteiger charge is 2.18. The van der Waals surface area contributed by atoms with E-state index in [-0.39, 0.29) is 11.2 Å². The Hall–Kier alpha value is -1.82. The zero-order chi connectivity index (χ0) is 17.3. The minimum Gasteiger partial charge on any atom is -0.368 e. The molecule has 0 amide bonds. The van der Waals surface area contributed by atoms with Crippen molar-refractivity contribution in [3.63, 3.8) is 0 Å². The summed E-state index contributed by atoms with van der Waals surface area (Å²) in [6.45, 7) is 10.8. The van der Waals surface area contributed by atoms with Gasteiger partial charge in [0, 0.05) is 19.0 Å². The summed E-state index contributed by atoms with van der Waals surface area (Å²) in [6.07, 6.45) is 0. The predicted molar refractivity (Wildman–Crippen MR) is 98.2 cm³/mol. The van der Waals surface area contributed by atoms with E-state index in [4.69, 9.17) is 5.73 Å². The van der Waals surface area contributed by atoms with Crippen LogP contribution in [0.15, 0.2) is 11.0 Å². The normalized spacial score (nSPS) is 12.3. The lowest BCUT2D eigenvalue weighted by molar-refractivity contribution is 0.864. The Labute approximate surface area is 142 Å². The smallest absolute Gasteiger partial charge is 0.229 e. The van der Waals surface area contributed by atoms with E-state index in [9.17, 15) is 0 Å². The van der Waals surface area contributed by atoms with Gasteiger partial charge in [0.2, 0.25) is 11.9 Å². The van der Waals surface area contributed by atoms with Crippen molar-refractivity contribution in [2.75, 3.05) is 24.7 Å². The molecule has 124 valence electrons. The molecule has 2 N–H and O–H groups in total. The molecule has 23 heavy (non-hydrogen) atoms. The van der Waals surface area contributed by atoms with Gasteiger partial charge >= 0.3 is 0 Å². The van der Waals surface area contributed by atoms with Crippen molar-refractivity contribution in [1.29, 1.82) is 0 Å². The molecule has 1 aromatic heterocycles. The van der Waals surface area contributed by atoms with Crippen molar-refractivity contribution in [1.82, 2.24) is 15.0 Å². The summed E-state index contributed by atoms with van der Waals surface area (Å²) < 4.78 is 0. The summed E-state index contributed by atoms with van der Waals surface area (Å²) in [4.78, 5) is 16.2. The molecule has 5 nitrogen and oxygen atoms in total. The first-order chi connectivity index (χ1) is 10.7. The van der Waals surface area contributed by atoms with Gasteiger partial charge in [-0.2, -0.15) is 15.0 Å². The molecule has 1 unspecified atom stereocenters. The summed E-state index contributed by atoms with van der Waals surface area (Å²) >= 11 is 1.78. The number of hydrogen-bond donors (Lipinski definition) is 1. The molecule has 2 aromatic rings. The standard InChI is InChI=1S/C17H25N5S/c1-9-8-10(2)12(4)14(11(9)3)23-13(5)15-19-16(18)21-17(20-15)22(6)7/h8,13H,1-7H3,(H2,18,19,20,21). The molecule has 0 aliphatic heterocycles. The molecular formula is C17H25N5S. The minimum absolute atomic E-state index is 0.0950. The van der Waals surface area contributed by atoms with Gasteiger partial charge in [-0.25, -0.2) is 0 Å². The van der Waals surface area contributed by atoms with Crippen molar-refractivity contribution in [3.05, 3.63) is 34.1 Å². The third-order valence-corrected chi connectivity index (χ3v) is 5.43. The van der Waals surface area contributed by atoms with Crippen LogP contribution in [0.4, 0.5) is 11.9 Å². The first-order valence-electron chi connectivity index (χ1n) is 7.63. The Morgan fingerprint density at radius 1 is 1.00 bits per heavy atom. The van der Waals surface area contributed by atoms with Crippen LogP contribution < -0.4 is 10.6 Å². The number of thioether (sulfide) groups is 1. The molecule has 1 atom stereocenters. The van der Waals surface area contributed by atoms with E-state index in [1.54, 1.807) is 11.8 Å². The van der Waals surface area contributed by atoms with Crippen LogP contribution in [0.1, 0.15) is 40.3 Å². The lowest BCUT2D eigenvalue weighted by Crippen LogP contribution is -2.16. The van der Waals surface area contributed by atoms with Crippen molar-refractivity contribution in [3.8, 4) is 0 Å². The largest absolute Gasteiger partial charge is 0.368 e. The summed E-state index contributed by atoms with van der Waals surface area (Å²) in [6, 6.07) is 2.24. The second-order valence-corrected chi connectivity index (χ2v) is 7.45. The maximum atomic E-state index is 5.84. The fraction of sp³-hybridized carbons (Fsp3) is 0.471. The molecule has 0 bridgehead atoms. The van der Waals surface area contributed by atoms with Crippen molar-refractivity contribution in [2.45, 2.75) is 44.8 Å². The second-order valence-electron chi connectivity index (χ2n) is 6.10. The van der Waals surface area contributed by atoms with Crippen molar-refractivity contribution >= 4 is 23.7 Å². The van der Waals surface area contributed by atoms with Gasteiger partial charge < -0.3 is 10.6 Å². The molecule has 0 radical (unpaired) electrons. The molecule has 0 aliphatic rings.